The third-order valence-corrected chi connectivity index (χ3v) is 3.82. The Bertz CT molecular complexity index is 597. The quantitative estimate of drug-likeness (QED) is 0.911. The number of carboxylic acid groups (broad SMARTS) is 1. The number of benzene rings is 1. The summed E-state index contributed by atoms with van der Waals surface area (Å²) < 4.78 is 0. The van der Waals surface area contributed by atoms with E-state index in [0.29, 0.717) is 15.5 Å². The van der Waals surface area contributed by atoms with E-state index < -0.39 is 17.9 Å². The molecule has 0 saturated heterocycles. The van der Waals surface area contributed by atoms with Crippen molar-refractivity contribution >= 4 is 34.8 Å². The molecule has 19 heavy (non-hydrogen) atoms. The fraction of sp³-hybridized carbons (Fsp3) is 0.0769. The SMILES string of the molecule is O=C(NC(C(=O)O)c1ccccc1)c1sccc1Cl. The fourth-order valence-electron chi connectivity index (χ4n) is 1.59. The summed E-state index contributed by atoms with van der Waals surface area (Å²) in [6.07, 6.45) is 0. The van der Waals surface area contributed by atoms with Gasteiger partial charge in [-0.25, -0.2) is 4.79 Å². The number of aliphatic carboxylic acids is 1. The van der Waals surface area contributed by atoms with Gasteiger partial charge in [0.2, 0.25) is 0 Å². The van der Waals surface area contributed by atoms with Gasteiger partial charge in [0.1, 0.15) is 4.88 Å². The van der Waals surface area contributed by atoms with Crippen molar-refractivity contribution in [1.29, 1.82) is 0 Å². The van der Waals surface area contributed by atoms with Crippen molar-refractivity contribution < 1.29 is 14.7 Å². The molecule has 0 fully saturated rings. The van der Waals surface area contributed by atoms with Crippen molar-refractivity contribution in [2.24, 2.45) is 0 Å². The molecule has 1 aromatic heterocycles. The molecule has 1 unspecified atom stereocenters. The lowest BCUT2D eigenvalue weighted by molar-refractivity contribution is -0.139. The van der Waals surface area contributed by atoms with E-state index in [9.17, 15) is 14.7 Å². The van der Waals surface area contributed by atoms with Crippen LogP contribution in [0.1, 0.15) is 21.3 Å². The molecular formula is C13H10ClNO3S. The summed E-state index contributed by atoms with van der Waals surface area (Å²) >= 11 is 7.02. The summed E-state index contributed by atoms with van der Waals surface area (Å²) in [7, 11) is 0. The largest absolute Gasteiger partial charge is 0.479 e. The van der Waals surface area contributed by atoms with Crippen molar-refractivity contribution in [3.63, 3.8) is 0 Å². The number of hydrogen-bond acceptors (Lipinski definition) is 3. The number of carboxylic acids is 1. The number of hydrogen-bond donors (Lipinski definition) is 2. The fourth-order valence-corrected chi connectivity index (χ4v) is 2.63. The smallest absolute Gasteiger partial charge is 0.330 e. The van der Waals surface area contributed by atoms with Crippen LogP contribution >= 0.6 is 22.9 Å². The Morgan fingerprint density at radius 1 is 1.21 bits per heavy atom. The normalized spacial score (nSPS) is 11.8. The van der Waals surface area contributed by atoms with E-state index in [-0.39, 0.29) is 0 Å². The minimum Gasteiger partial charge on any atom is -0.479 e. The Morgan fingerprint density at radius 3 is 2.42 bits per heavy atom. The topological polar surface area (TPSA) is 66.4 Å². The van der Waals surface area contributed by atoms with E-state index in [1.54, 1.807) is 41.8 Å². The molecule has 2 aromatic rings. The maximum absolute atomic E-state index is 12.0. The molecule has 98 valence electrons. The molecule has 0 saturated carbocycles. The van der Waals surface area contributed by atoms with Gasteiger partial charge >= 0.3 is 5.97 Å². The first-order valence-electron chi connectivity index (χ1n) is 5.41. The maximum Gasteiger partial charge on any atom is 0.330 e. The Balaban J connectivity index is 2.21. The van der Waals surface area contributed by atoms with Crippen LogP contribution in [0.25, 0.3) is 0 Å². The Hall–Kier alpha value is -1.85. The van der Waals surface area contributed by atoms with Crippen LogP contribution in [0.2, 0.25) is 5.02 Å². The van der Waals surface area contributed by atoms with Gasteiger partial charge in [-0.1, -0.05) is 41.9 Å². The van der Waals surface area contributed by atoms with E-state index in [4.69, 9.17) is 11.6 Å². The number of thiophene rings is 1. The molecule has 4 nitrogen and oxygen atoms in total. The number of carbonyl (C=O) groups excluding carboxylic acids is 1. The monoisotopic (exact) mass is 295 g/mol. The first kappa shape index (κ1) is 13.6. The number of halogens is 1. The first-order chi connectivity index (χ1) is 9.09. The molecule has 1 heterocycles. The van der Waals surface area contributed by atoms with Gasteiger partial charge in [-0.3, -0.25) is 4.79 Å². The highest BCUT2D eigenvalue weighted by molar-refractivity contribution is 7.12. The molecule has 0 aliphatic rings. The third-order valence-electron chi connectivity index (χ3n) is 2.48. The summed E-state index contributed by atoms with van der Waals surface area (Å²) in [5, 5.41) is 13.7. The second-order valence-corrected chi connectivity index (χ2v) is 5.08. The summed E-state index contributed by atoms with van der Waals surface area (Å²) in [5.41, 5.74) is 0.510. The van der Waals surface area contributed by atoms with Crippen LogP contribution < -0.4 is 5.32 Å². The third kappa shape index (κ3) is 3.13. The second-order valence-electron chi connectivity index (χ2n) is 3.75. The van der Waals surface area contributed by atoms with Crippen LogP contribution in [0.3, 0.4) is 0 Å². The number of amides is 1. The summed E-state index contributed by atoms with van der Waals surface area (Å²) in [4.78, 5) is 23.5. The van der Waals surface area contributed by atoms with E-state index >= 15 is 0 Å². The highest BCUT2D eigenvalue weighted by atomic mass is 35.5. The first-order valence-corrected chi connectivity index (χ1v) is 6.67. The van der Waals surface area contributed by atoms with Gasteiger partial charge in [-0.15, -0.1) is 11.3 Å². The van der Waals surface area contributed by atoms with Crippen molar-refractivity contribution in [2.75, 3.05) is 0 Å². The van der Waals surface area contributed by atoms with Crippen molar-refractivity contribution in [3.8, 4) is 0 Å². The predicted molar refractivity (Wildman–Crippen MR) is 73.6 cm³/mol. The van der Waals surface area contributed by atoms with Crippen LogP contribution in [-0.4, -0.2) is 17.0 Å². The standard InChI is InChI=1S/C13H10ClNO3S/c14-9-6-7-19-11(9)12(16)15-10(13(17)18)8-4-2-1-3-5-8/h1-7,10H,(H,15,16)(H,17,18). The lowest BCUT2D eigenvalue weighted by atomic mass is 10.1. The molecule has 0 bridgehead atoms. The Kier molecular flexibility index (Phi) is 4.19. The minimum atomic E-state index is -1.12. The van der Waals surface area contributed by atoms with Crippen LogP contribution in [-0.2, 0) is 4.79 Å². The van der Waals surface area contributed by atoms with Crippen LogP contribution in [0.5, 0.6) is 0 Å². The second kappa shape index (κ2) is 5.86. The van der Waals surface area contributed by atoms with Gasteiger partial charge in [0.25, 0.3) is 5.91 Å². The van der Waals surface area contributed by atoms with E-state index in [2.05, 4.69) is 5.32 Å². The van der Waals surface area contributed by atoms with Gasteiger partial charge in [-0.05, 0) is 17.0 Å². The predicted octanol–water partition coefficient (Wildman–Crippen LogP) is 2.96. The molecule has 0 aliphatic heterocycles. The molecule has 2 N–H and O–H groups in total. The van der Waals surface area contributed by atoms with E-state index in [0.717, 1.165) is 0 Å². The highest BCUT2D eigenvalue weighted by Crippen LogP contribution is 2.23. The zero-order valence-corrected chi connectivity index (χ0v) is 11.2. The molecule has 1 aromatic carbocycles. The van der Waals surface area contributed by atoms with Crippen LogP contribution in [0, 0.1) is 0 Å². The summed E-state index contributed by atoms with van der Waals surface area (Å²) in [5.74, 6) is -1.61. The molecule has 6 heteroatoms. The maximum atomic E-state index is 12.0. The van der Waals surface area contributed by atoms with Crippen LogP contribution in [0.15, 0.2) is 41.8 Å². The average molecular weight is 296 g/mol. The molecule has 1 amide bonds. The number of rotatable bonds is 4. The highest BCUT2D eigenvalue weighted by Gasteiger charge is 2.23. The molecule has 2 rings (SSSR count). The van der Waals surface area contributed by atoms with Crippen molar-refractivity contribution in [1.82, 2.24) is 5.32 Å². The molecule has 1 atom stereocenters. The summed E-state index contributed by atoms with van der Waals surface area (Å²) in [6.45, 7) is 0. The minimum absolute atomic E-state index is 0.309. The molecule has 0 radical (unpaired) electrons. The van der Waals surface area contributed by atoms with Gasteiger partial charge in [0.05, 0.1) is 5.02 Å². The van der Waals surface area contributed by atoms with Gasteiger partial charge < -0.3 is 10.4 Å². The summed E-state index contributed by atoms with van der Waals surface area (Å²) in [6, 6.07) is 9.02. The van der Waals surface area contributed by atoms with E-state index in [1.807, 2.05) is 0 Å². The van der Waals surface area contributed by atoms with Gasteiger partial charge in [-0.2, -0.15) is 0 Å². The molecular weight excluding hydrogens is 286 g/mol. The number of nitrogens with one attached hydrogen (secondary N) is 1. The zero-order chi connectivity index (χ0) is 13.8. The molecule has 0 spiro atoms. The van der Waals surface area contributed by atoms with Crippen molar-refractivity contribution in [2.45, 2.75) is 6.04 Å². The average Bonchev–Trinajstić information content (AvgIpc) is 2.82. The Labute approximate surface area is 118 Å². The van der Waals surface area contributed by atoms with Crippen LogP contribution in [0.4, 0.5) is 0 Å². The van der Waals surface area contributed by atoms with Gasteiger partial charge in [0, 0.05) is 0 Å². The lowest BCUT2D eigenvalue weighted by Gasteiger charge is -2.14. The Morgan fingerprint density at radius 2 is 1.89 bits per heavy atom. The molecule has 0 aliphatic carbocycles. The van der Waals surface area contributed by atoms with Crippen molar-refractivity contribution in [3.05, 3.63) is 57.2 Å². The number of carbonyl (C=O) groups is 2. The zero-order valence-electron chi connectivity index (χ0n) is 9.67. The van der Waals surface area contributed by atoms with Gasteiger partial charge in [0.15, 0.2) is 6.04 Å². The van der Waals surface area contributed by atoms with E-state index in [1.165, 1.54) is 11.3 Å². The lowest BCUT2D eigenvalue weighted by Crippen LogP contribution is -2.33.